The summed E-state index contributed by atoms with van der Waals surface area (Å²) in [6.07, 6.45) is 4.50. The van der Waals surface area contributed by atoms with Gasteiger partial charge in [0.05, 0.1) is 11.5 Å². The second-order valence-corrected chi connectivity index (χ2v) is 8.77. The number of aromatic amines is 1. The SMILES string of the molecule is CCOc1ccc(S(=O)(=O)N2CCCC2Cc2c[nH]c3ccccc23)cc1. The molecule has 0 saturated carbocycles. The van der Waals surface area contributed by atoms with Crippen molar-refractivity contribution in [1.82, 2.24) is 9.29 Å². The molecule has 0 radical (unpaired) electrons. The van der Waals surface area contributed by atoms with Gasteiger partial charge in [0.15, 0.2) is 0 Å². The van der Waals surface area contributed by atoms with E-state index >= 15 is 0 Å². The van der Waals surface area contributed by atoms with Gasteiger partial charge >= 0.3 is 0 Å². The van der Waals surface area contributed by atoms with E-state index in [4.69, 9.17) is 4.74 Å². The van der Waals surface area contributed by atoms with Crippen molar-refractivity contribution in [3.05, 3.63) is 60.3 Å². The summed E-state index contributed by atoms with van der Waals surface area (Å²) in [5.74, 6) is 0.688. The highest BCUT2D eigenvalue weighted by Gasteiger charge is 2.35. The third-order valence-electron chi connectivity index (χ3n) is 5.19. The molecule has 0 amide bonds. The number of hydrogen-bond acceptors (Lipinski definition) is 3. The lowest BCUT2D eigenvalue weighted by molar-refractivity contribution is 0.340. The largest absolute Gasteiger partial charge is 0.494 e. The van der Waals surface area contributed by atoms with Crippen molar-refractivity contribution in [2.24, 2.45) is 0 Å². The zero-order valence-electron chi connectivity index (χ0n) is 15.4. The lowest BCUT2D eigenvalue weighted by Crippen LogP contribution is -2.36. The van der Waals surface area contributed by atoms with Crippen LogP contribution in [-0.2, 0) is 16.4 Å². The minimum absolute atomic E-state index is 0.0132. The van der Waals surface area contributed by atoms with Gasteiger partial charge in [0.2, 0.25) is 10.0 Å². The third-order valence-corrected chi connectivity index (χ3v) is 7.16. The predicted molar refractivity (Wildman–Crippen MR) is 107 cm³/mol. The van der Waals surface area contributed by atoms with E-state index in [-0.39, 0.29) is 6.04 Å². The highest BCUT2D eigenvalue weighted by Crippen LogP contribution is 2.30. The van der Waals surface area contributed by atoms with Crippen LogP contribution in [0, 0.1) is 0 Å². The van der Waals surface area contributed by atoms with Gasteiger partial charge in [0.1, 0.15) is 5.75 Å². The maximum Gasteiger partial charge on any atom is 0.243 e. The maximum absolute atomic E-state index is 13.2. The first-order chi connectivity index (χ1) is 13.1. The summed E-state index contributed by atoms with van der Waals surface area (Å²) in [5.41, 5.74) is 2.26. The van der Waals surface area contributed by atoms with Gasteiger partial charge in [0, 0.05) is 29.7 Å². The average Bonchev–Trinajstić information content (AvgIpc) is 3.31. The van der Waals surface area contributed by atoms with Crippen LogP contribution >= 0.6 is 0 Å². The fourth-order valence-electron chi connectivity index (χ4n) is 3.89. The quantitative estimate of drug-likeness (QED) is 0.700. The molecule has 1 aromatic heterocycles. The third kappa shape index (κ3) is 3.47. The van der Waals surface area contributed by atoms with Crippen molar-refractivity contribution in [1.29, 1.82) is 0 Å². The fourth-order valence-corrected chi connectivity index (χ4v) is 5.59. The molecular formula is C21H24N2O3S. The molecule has 1 aliphatic heterocycles. The van der Waals surface area contributed by atoms with E-state index in [9.17, 15) is 8.42 Å². The molecule has 1 unspecified atom stereocenters. The second-order valence-electron chi connectivity index (χ2n) is 6.88. The van der Waals surface area contributed by atoms with Crippen LogP contribution in [-0.4, -0.2) is 36.9 Å². The summed E-state index contributed by atoms with van der Waals surface area (Å²) in [5, 5.41) is 1.17. The summed E-state index contributed by atoms with van der Waals surface area (Å²) in [4.78, 5) is 3.61. The van der Waals surface area contributed by atoms with E-state index in [2.05, 4.69) is 11.1 Å². The van der Waals surface area contributed by atoms with Crippen LogP contribution in [0.2, 0.25) is 0 Å². The number of rotatable bonds is 6. The van der Waals surface area contributed by atoms with E-state index in [1.807, 2.05) is 31.3 Å². The Bertz CT molecular complexity index is 1030. The molecule has 5 nitrogen and oxygen atoms in total. The lowest BCUT2D eigenvalue weighted by atomic mass is 10.0. The van der Waals surface area contributed by atoms with Crippen molar-refractivity contribution in [3.63, 3.8) is 0 Å². The molecule has 1 aliphatic rings. The van der Waals surface area contributed by atoms with Gasteiger partial charge in [-0.05, 0) is 62.1 Å². The lowest BCUT2D eigenvalue weighted by Gasteiger charge is -2.24. The van der Waals surface area contributed by atoms with Crippen molar-refractivity contribution in [2.75, 3.05) is 13.2 Å². The number of fused-ring (bicyclic) bond motifs is 1. The van der Waals surface area contributed by atoms with Crippen LogP contribution in [0.1, 0.15) is 25.3 Å². The Morgan fingerprint density at radius 2 is 1.93 bits per heavy atom. The first-order valence-corrected chi connectivity index (χ1v) is 10.8. The maximum atomic E-state index is 13.2. The molecule has 0 aliphatic carbocycles. The normalized spacial score (nSPS) is 18.2. The average molecular weight is 385 g/mol. The van der Waals surface area contributed by atoms with Crippen LogP contribution in [0.25, 0.3) is 10.9 Å². The molecule has 0 spiro atoms. The molecule has 0 bridgehead atoms. The van der Waals surface area contributed by atoms with Crippen molar-refractivity contribution >= 4 is 20.9 Å². The molecule has 1 atom stereocenters. The highest BCUT2D eigenvalue weighted by molar-refractivity contribution is 7.89. The topological polar surface area (TPSA) is 62.4 Å². The molecule has 4 rings (SSSR count). The zero-order chi connectivity index (χ0) is 18.9. The Balaban J connectivity index is 1.58. The van der Waals surface area contributed by atoms with E-state index in [1.165, 1.54) is 10.9 Å². The smallest absolute Gasteiger partial charge is 0.243 e. The number of H-pyrrole nitrogens is 1. The molecule has 3 aromatic rings. The van der Waals surface area contributed by atoms with E-state index in [1.54, 1.807) is 28.6 Å². The number of benzene rings is 2. The highest BCUT2D eigenvalue weighted by atomic mass is 32.2. The second kappa shape index (κ2) is 7.37. The van der Waals surface area contributed by atoms with Crippen LogP contribution < -0.4 is 4.74 Å². The zero-order valence-corrected chi connectivity index (χ0v) is 16.2. The van der Waals surface area contributed by atoms with Crippen molar-refractivity contribution < 1.29 is 13.2 Å². The number of nitrogens with zero attached hydrogens (tertiary/aromatic N) is 1. The number of aromatic nitrogens is 1. The number of sulfonamides is 1. The summed E-state index contributed by atoms with van der Waals surface area (Å²) in [6, 6.07) is 14.9. The molecule has 6 heteroatoms. The number of para-hydroxylation sites is 1. The number of hydrogen-bond donors (Lipinski definition) is 1. The molecule has 142 valence electrons. The summed E-state index contributed by atoms with van der Waals surface area (Å²) in [6.45, 7) is 3.04. The van der Waals surface area contributed by atoms with E-state index < -0.39 is 10.0 Å². The van der Waals surface area contributed by atoms with Crippen molar-refractivity contribution in [3.8, 4) is 5.75 Å². The Hall–Kier alpha value is -2.31. The van der Waals surface area contributed by atoms with Gasteiger partial charge < -0.3 is 9.72 Å². The monoisotopic (exact) mass is 384 g/mol. The number of ether oxygens (including phenoxy) is 1. The Kier molecular flexibility index (Phi) is 4.93. The first-order valence-electron chi connectivity index (χ1n) is 9.39. The van der Waals surface area contributed by atoms with Gasteiger partial charge in [-0.1, -0.05) is 18.2 Å². The standard InChI is InChI=1S/C21H24N2O3S/c1-2-26-18-9-11-19(12-10-18)27(24,25)23-13-5-6-17(23)14-16-15-22-21-8-4-3-7-20(16)21/h3-4,7-12,15,17,22H,2,5-6,13-14H2,1H3. The Morgan fingerprint density at radius 1 is 1.15 bits per heavy atom. The molecule has 1 fully saturated rings. The summed E-state index contributed by atoms with van der Waals surface area (Å²) >= 11 is 0. The van der Waals surface area contributed by atoms with Gasteiger partial charge in [-0.2, -0.15) is 4.31 Å². The van der Waals surface area contributed by atoms with Gasteiger partial charge in [0.25, 0.3) is 0 Å². The fraction of sp³-hybridized carbons (Fsp3) is 0.333. The van der Waals surface area contributed by atoms with E-state index in [0.717, 1.165) is 24.8 Å². The van der Waals surface area contributed by atoms with Crippen LogP contribution in [0.3, 0.4) is 0 Å². The van der Waals surface area contributed by atoms with Crippen LogP contribution in [0.15, 0.2) is 59.6 Å². The molecule has 2 aromatic carbocycles. The van der Waals surface area contributed by atoms with Crippen LogP contribution in [0.5, 0.6) is 5.75 Å². The predicted octanol–water partition coefficient (Wildman–Crippen LogP) is 3.96. The molecule has 1 N–H and O–H groups in total. The Labute approximate surface area is 160 Å². The number of nitrogens with one attached hydrogen (secondary N) is 1. The van der Waals surface area contributed by atoms with Crippen molar-refractivity contribution in [2.45, 2.75) is 37.1 Å². The van der Waals surface area contributed by atoms with Gasteiger partial charge in [-0.25, -0.2) is 8.42 Å². The molecule has 2 heterocycles. The minimum atomic E-state index is -3.51. The first kappa shape index (κ1) is 18.1. The summed E-state index contributed by atoms with van der Waals surface area (Å²) < 4.78 is 33.5. The molecule has 27 heavy (non-hydrogen) atoms. The minimum Gasteiger partial charge on any atom is -0.494 e. The molecule has 1 saturated heterocycles. The molecular weight excluding hydrogens is 360 g/mol. The van der Waals surface area contributed by atoms with Gasteiger partial charge in [-0.15, -0.1) is 0 Å². The van der Waals surface area contributed by atoms with Crippen LogP contribution in [0.4, 0.5) is 0 Å². The Morgan fingerprint density at radius 3 is 2.70 bits per heavy atom. The summed E-state index contributed by atoms with van der Waals surface area (Å²) in [7, 11) is -3.51. The van der Waals surface area contributed by atoms with Gasteiger partial charge in [-0.3, -0.25) is 0 Å². The van der Waals surface area contributed by atoms with E-state index in [0.29, 0.717) is 23.8 Å².